The van der Waals surface area contributed by atoms with E-state index in [0.717, 1.165) is 0 Å². The molecule has 0 saturated carbocycles. The van der Waals surface area contributed by atoms with Crippen LogP contribution < -0.4 is 0 Å². The van der Waals surface area contributed by atoms with Crippen LogP contribution in [-0.2, 0) is 0 Å². The zero-order valence-corrected chi connectivity index (χ0v) is 5.55. The molecule has 0 radical (unpaired) electrons. The molecule has 0 aliphatic rings. The lowest BCUT2D eigenvalue weighted by Gasteiger charge is -2.16. The van der Waals surface area contributed by atoms with E-state index in [9.17, 15) is 0 Å². The van der Waals surface area contributed by atoms with Crippen LogP contribution in [0.1, 0.15) is 0 Å². The lowest BCUT2D eigenvalue weighted by Crippen LogP contribution is -2.26. The van der Waals surface area contributed by atoms with Crippen molar-refractivity contribution in [1.82, 2.24) is 0 Å². The van der Waals surface area contributed by atoms with Crippen LogP contribution in [0.3, 0.4) is 0 Å². The molecule has 0 aliphatic carbocycles. The van der Waals surface area contributed by atoms with Gasteiger partial charge in [-0.2, -0.15) is 5.26 Å². The summed E-state index contributed by atoms with van der Waals surface area (Å²) in [7, 11) is 5.98. The van der Waals surface area contributed by atoms with Crippen molar-refractivity contribution in [3.63, 3.8) is 0 Å². The Morgan fingerprint density at radius 2 is 1.88 bits per heavy atom. The highest BCUT2D eigenvalue weighted by Gasteiger charge is 1.96. The second kappa shape index (κ2) is 2.49. The minimum absolute atomic E-state index is 0.702. The first kappa shape index (κ1) is 7.19. The molecule has 0 rings (SSSR count). The first-order valence-corrected chi connectivity index (χ1v) is 2.45. The van der Waals surface area contributed by atoms with Crippen LogP contribution >= 0.6 is 0 Å². The summed E-state index contributed by atoms with van der Waals surface area (Å²) in [6.07, 6.45) is 3.31. The zero-order valence-electron chi connectivity index (χ0n) is 5.55. The smallest absolute Gasteiger partial charge is 0.106 e. The van der Waals surface area contributed by atoms with Crippen LogP contribution in [0, 0.1) is 11.3 Å². The molecule has 8 heavy (non-hydrogen) atoms. The van der Waals surface area contributed by atoms with Crippen LogP contribution in [0.15, 0.2) is 12.3 Å². The summed E-state index contributed by atoms with van der Waals surface area (Å²) in [5, 5.41) is 8.08. The van der Waals surface area contributed by atoms with Gasteiger partial charge in [-0.1, -0.05) is 0 Å². The summed E-state index contributed by atoms with van der Waals surface area (Å²) in [6, 6.07) is 1.93. The van der Waals surface area contributed by atoms with E-state index in [-0.39, 0.29) is 0 Å². The van der Waals surface area contributed by atoms with Crippen molar-refractivity contribution in [3.05, 3.63) is 12.3 Å². The fraction of sp³-hybridized carbons (Fsp3) is 0.500. The maximum atomic E-state index is 8.08. The Morgan fingerprint density at radius 3 is 2.00 bits per heavy atom. The Morgan fingerprint density at radius 1 is 1.38 bits per heavy atom. The van der Waals surface area contributed by atoms with Crippen molar-refractivity contribution in [1.29, 1.82) is 5.26 Å². The summed E-state index contributed by atoms with van der Waals surface area (Å²) < 4.78 is 0.702. The van der Waals surface area contributed by atoms with Crippen molar-refractivity contribution >= 4 is 0 Å². The molecule has 0 aromatic heterocycles. The van der Waals surface area contributed by atoms with Crippen LogP contribution in [0.25, 0.3) is 0 Å². The summed E-state index contributed by atoms with van der Waals surface area (Å²) in [6.45, 7) is 0. The molecule has 0 spiro atoms. The van der Waals surface area contributed by atoms with Gasteiger partial charge in [0.05, 0.1) is 33.3 Å². The van der Waals surface area contributed by atoms with E-state index in [1.807, 2.05) is 33.4 Å². The fourth-order valence-corrected chi connectivity index (χ4v) is 0.257. The third-order valence-electron chi connectivity index (χ3n) is 0.596. The average molecular weight is 111 g/mol. The van der Waals surface area contributed by atoms with Gasteiger partial charge in [-0.3, -0.25) is 0 Å². The number of quaternary nitrogens is 1. The number of allylic oxidation sites excluding steroid dienone is 1. The van der Waals surface area contributed by atoms with Crippen molar-refractivity contribution in [2.24, 2.45) is 0 Å². The molecule has 0 unspecified atom stereocenters. The first-order valence-electron chi connectivity index (χ1n) is 2.45. The topological polar surface area (TPSA) is 23.8 Å². The van der Waals surface area contributed by atoms with Gasteiger partial charge in [0.25, 0.3) is 0 Å². The van der Waals surface area contributed by atoms with Crippen LogP contribution in [0.4, 0.5) is 0 Å². The number of nitrogens with zero attached hydrogens (tertiary/aromatic N) is 2. The van der Waals surface area contributed by atoms with E-state index in [1.54, 1.807) is 0 Å². The van der Waals surface area contributed by atoms with E-state index in [4.69, 9.17) is 5.26 Å². The molecule has 0 aromatic carbocycles. The predicted molar refractivity (Wildman–Crippen MR) is 32.8 cm³/mol. The first-order chi connectivity index (χ1) is 3.56. The minimum Gasteiger partial charge on any atom is -0.304 e. The van der Waals surface area contributed by atoms with Gasteiger partial charge < -0.3 is 4.48 Å². The number of hydrogen-bond acceptors (Lipinski definition) is 1. The number of rotatable bonds is 1. The highest BCUT2D eigenvalue weighted by Crippen LogP contribution is 1.88. The Hall–Kier alpha value is -0.810. The van der Waals surface area contributed by atoms with Gasteiger partial charge in [0.15, 0.2) is 0 Å². The summed E-state index contributed by atoms with van der Waals surface area (Å²) in [4.78, 5) is 0. The van der Waals surface area contributed by atoms with Gasteiger partial charge in [0.2, 0.25) is 0 Å². The SMILES string of the molecule is C[N+](C)(C)/C=C/C#N. The predicted octanol–water partition coefficient (Wildman–Crippen LogP) is 0.730. The van der Waals surface area contributed by atoms with Gasteiger partial charge in [-0.25, -0.2) is 0 Å². The Labute approximate surface area is 50.2 Å². The van der Waals surface area contributed by atoms with Crippen molar-refractivity contribution in [2.45, 2.75) is 0 Å². The molecule has 0 N–H and O–H groups in total. The Balaban J connectivity index is 3.75. The fourth-order valence-electron chi connectivity index (χ4n) is 0.257. The quantitative estimate of drug-likeness (QED) is 0.361. The molecule has 0 fully saturated rings. The summed E-state index contributed by atoms with van der Waals surface area (Å²) in [5.41, 5.74) is 0. The molecule has 44 valence electrons. The molecule has 0 aromatic rings. The molecular formula is C6H11N2+. The highest BCUT2D eigenvalue weighted by molar-refractivity contribution is 4.97. The second-order valence-corrected chi connectivity index (χ2v) is 2.56. The van der Waals surface area contributed by atoms with E-state index in [0.29, 0.717) is 4.48 Å². The van der Waals surface area contributed by atoms with E-state index >= 15 is 0 Å². The molecule has 0 atom stereocenters. The van der Waals surface area contributed by atoms with Crippen molar-refractivity contribution in [2.75, 3.05) is 21.1 Å². The van der Waals surface area contributed by atoms with Crippen molar-refractivity contribution < 1.29 is 4.48 Å². The summed E-state index contributed by atoms with van der Waals surface area (Å²) in [5.74, 6) is 0. The molecule has 0 bridgehead atoms. The average Bonchev–Trinajstić information content (AvgIpc) is 1.59. The third kappa shape index (κ3) is 5.19. The zero-order chi connectivity index (χ0) is 6.62. The lowest BCUT2D eigenvalue weighted by atomic mass is 10.6. The maximum absolute atomic E-state index is 8.08. The van der Waals surface area contributed by atoms with Crippen LogP contribution in [0.5, 0.6) is 0 Å². The van der Waals surface area contributed by atoms with Gasteiger partial charge in [0.1, 0.15) is 6.20 Å². The van der Waals surface area contributed by atoms with E-state index < -0.39 is 0 Å². The van der Waals surface area contributed by atoms with Gasteiger partial charge >= 0.3 is 0 Å². The molecular weight excluding hydrogens is 100 g/mol. The van der Waals surface area contributed by atoms with Crippen LogP contribution in [-0.4, -0.2) is 25.6 Å². The second-order valence-electron chi connectivity index (χ2n) is 2.56. The standard InChI is InChI=1S/C6H11N2/c1-8(2,3)6-4-5-7/h4,6H,1-3H3/q+1/b6-4+. The van der Waals surface area contributed by atoms with Gasteiger partial charge in [-0.15, -0.1) is 0 Å². The van der Waals surface area contributed by atoms with Gasteiger partial charge in [-0.05, 0) is 0 Å². The van der Waals surface area contributed by atoms with Crippen molar-refractivity contribution in [3.8, 4) is 6.07 Å². The van der Waals surface area contributed by atoms with E-state index in [2.05, 4.69) is 0 Å². The van der Waals surface area contributed by atoms with E-state index in [1.165, 1.54) is 6.08 Å². The normalized spacial score (nSPS) is 11.8. The molecule has 0 saturated heterocycles. The third-order valence-corrected chi connectivity index (χ3v) is 0.596. The lowest BCUT2D eigenvalue weighted by molar-refractivity contribution is -0.817. The largest absolute Gasteiger partial charge is 0.304 e. The molecule has 2 heteroatoms. The van der Waals surface area contributed by atoms with Gasteiger partial charge in [0, 0.05) is 0 Å². The number of nitriles is 1. The highest BCUT2D eigenvalue weighted by atomic mass is 15.3. The van der Waals surface area contributed by atoms with Crippen LogP contribution in [0.2, 0.25) is 0 Å². The molecule has 0 aliphatic heterocycles. The minimum atomic E-state index is 0.702. The Bertz CT molecular complexity index is 122. The molecule has 2 nitrogen and oxygen atoms in total. The summed E-state index contributed by atoms with van der Waals surface area (Å²) >= 11 is 0. The number of hydrogen-bond donors (Lipinski definition) is 0. The maximum Gasteiger partial charge on any atom is 0.106 e. The molecule has 0 heterocycles. The Kier molecular flexibility index (Phi) is 2.23. The molecule has 0 amide bonds. The monoisotopic (exact) mass is 111 g/mol.